The molecule has 0 aliphatic carbocycles. The Morgan fingerprint density at radius 3 is 2.21 bits per heavy atom. The van der Waals surface area contributed by atoms with E-state index in [1.807, 2.05) is 7.05 Å². The molecule has 4 heteroatoms. The third-order valence-electron chi connectivity index (χ3n) is 1.86. The van der Waals surface area contributed by atoms with E-state index in [4.69, 9.17) is 12.2 Å². The molecule has 84 valence electrons. The molecule has 14 heavy (non-hydrogen) atoms. The van der Waals surface area contributed by atoms with Gasteiger partial charge in [0.25, 0.3) is 0 Å². The van der Waals surface area contributed by atoms with Gasteiger partial charge in [0, 0.05) is 19.6 Å². The molecule has 0 aromatic rings. The minimum Gasteiger partial charge on any atom is -0.360 e. The van der Waals surface area contributed by atoms with E-state index in [1.54, 1.807) is 0 Å². The number of hydrogen-bond acceptors (Lipinski definition) is 2. The number of hydrogen-bond donors (Lipinski definition) is 1. The lowest BCUT2D eigenvalue weighted by Crippen LogP contribution is -2.41. The van der Waals surface area contributed by atoms with Crippen molar-refractivity contribution in [3.8, 4) is 0 Å². The van der Waals surface area contributed by atoms with Crippen molar-refractivity contribution in [2.75, 3.05) is 34.2 Å². The predicted octanol–water partition coefficient (Wildman–Crippen LogP) is 1.15. The average molecular weight is 217 g/mol. The maximum absolute atomic E-state index is 5.23. The number of nitrogens with zero attached hydrogens (tertiary/aromatic N) is 2. The molecule has 0 saturated heterocycles. The van der Waals surface area contributed by atoms with Crippen molar-refractivity contribution in [3.05, 3.63) is 0 Å². The second-order valence-electron chi connectivity index (χ2n) is 4.18. The molecule has 0 saturated carbocycles. The van der Waals surface area contributed by atoms with Gasteiger partial charge in [-0.05, 0) is 53.1 Å². The first-order valence-electron chi connectivity index (χ1n) is 5.10. The van der Waals surface area contributed by atoms with Gasteiger partial charge in [-0.2, -0.15) is 0 Å². The largest absolute Gasteiger partial charge is 0.360 e. The van der Waals surface area contributed by atoms with Crippen LogP contribution in [0.5, 0.6) is 0 Å². The van der Waals surface area contributed by atoms with Crippen LogP contribution in [-0.4, -0.2) is 55.2 Å². The first kappa shape index (κ1) is 13.7. The summed E-state index contributed by atoms with van der Waals surface area (Å²) in [5.74, 6) is 0. The van der Waals surface area contributed by atoms with Crippen LogP contribution in [-0.2, 0) is 0 Å². The summed E-state index contributed by atoms with van der Waals surface area (Å²) < 4.78 is 0. The molecule has 0 aromatic carbocycles. The molecule has 0 rings (SSSR count). The summed E-state index contributed by atoms with van der Waals surface area (Å²) in [6.45, 7) is 6.31. The van der Waals surface area contributed by atoms with Crippen LogP contribution in [0, 0.1) is 0 Å². The Morgan fingerprint density at radius 2 is 1.79 bits per heavy atom. The smallest absolute Gasteiger partial charge is 0.168 e. The fourth-order valence-electron chi connectivity index (χ4n) is 1.08. The molecule has 0 fully saturated rings. The van der Waals surface area contributed by atoms with Crippen molar-refractivity contribution in [2.45, 2.75) is 26.3 Å². The van der Waals surface area contributed by atoms with Crippen molar-refractivity contribution >= 4 is 17.3 Å². The fourth-order valence-corrected chi connectivity index (χ4v) is 1.41. The predicted molar refractivity (Wildman–Crippen MR) is 66.7 cm³/mol. The van der Waals surface area contributed by atoms with Crippen LogP contribution in [0.3, 0.4) is 0 Å². The summed E-state index contributed by atoms with van der Waals surface area (Å²) >= 11 is 5.23. The highest BCUT2D eigenvalue weighted by Gasteiger charge is 2.04. The molecular formula is C10H23N3S. The summed E-state index contributed by atoms with van der Waals surface area (Å²) in [5, 5.41) is 4.07. The van der Waals surface area contributed by atoms with E-state index in [2.05, 4.69) is 43.1 Å². The van der Waals surface area contributed by atoms with E-state index in [0.29, 0.717) is 6.04 Å². The summed E-state index contributed by atoms with van der Waals surface area (Å²) in [6, 6.07) is 0.416. The number of thiocarbonyl (C=S) groups is 1. The Kier molecular flexibility index (Phi) is 6.83. The Hall–Kier alpha value is -0.350. The fraction of sp³-hybridized carbons (Fsp3) is 0.900. The maximum atomic E-state index is 5.23. The number of rotatable bonds is 5. The zero-order valence-corrected chi connectivity index (χ0v) is 10.8. The molecule has 0 aromatic heterocycles. The maximum Gasteiger partial charge on any atom is 0.168 e. The van der Waals surface area contributed by atoms with Crippen LogP contribution in [0.4, 0.5) is 0 Å². The summed E-state index contributed by atoms with van der Waals surface area (Å²) in [6.07, 6.45) is 1.14. The Labute approximate surface area is 93.5 Å². The lowest BCUT2D eigenvalue weighted by molar-refractivity contribution is 0.367. The molecule has 1 N–H and O–H groups in total. The molecule has 0 unspecified atom stereocenters. The van der Waals surface area contributed by atoms with Gasteiger partial charge in [-0.3, -0.25) is 0 Å². The third-order valence-corrected chi connectivity index (χ3v) is 2.29. The van der Waals surface area contributed by atoms with Crippen LogP contribution < -0.4 is 5.32 Å². The lowest BCUT2D eigenvalue weighted by atomic mass is 10.4. The topological polar surface area (TPSA) is 18.5 Å². The van der Waals surface area contributed by atoms with Crippen LogP contribution in [0.2, 0.25) is 0 Å². The van der Waals surface area contributed by atoms with Crippen LogP contribution in [0.15, 0.2) is 0 Å². The van der Waals surface area contributed by atoms with Gasteiger partial charge in [0.15, 0.2) is 5.11 Å². The summed E-state index contributed by atoms with van der Waals surface area (Å²) in [5.41, 5.74) is 0. The molecule has 0 aliphatic rings. The van der Waals surface area contributed by atoms with Crippen LogP contribution in [0.25, 0.3) is 0 Å². The van der Waals surface area contributed by atoms with Gasteiger partial charge in [-0.15, -0.1) is 0 Å². The van der Waals surface area contributed by atoms with Gasteiger partial charge in [-0.1, -0.05) is 0 Å². The van der Waals surface area contributed by atoms with Gasteiger partial charge in [0.2, 0.25) is 0 Å². The zero-order valence-electron chi connectivity index (χ0n) is 10.0. The van der Waals surface area contributed by atoms with E-state index in [0.717, 1.165) is 24.6 Å². The van der Waals surface area contributed by atoms with Crippen molar-refractivity contribution < 1.29 is 0 Å². The van der Waals surface area contributed by atoms with Gasteiger partial charge in [0.1, 0.15) is 0 Å². The number of nitrogens with one attached hydrogen (secondary N) is 1. The van der Waals surface area contributed by atoms with Crippen molar-refractivity contribution in [1.29, 1.82) is 0 Å². The minimum absolute atomic E-state index is 0.416. The van der Waals surface area contributed by atoms with E-state index in [-0.39, 0.29) is 0 Å². The molecule has 0 bridgehead atoms. The van der Waals surface area contributed by atoms with Gasteiger partial charge in [-0.25, -0.2) is 0 Å². The molecule has 0 atom stereocenters. The standard InChI is InChI=1S/C10H23N3S/c1-9(2)11-10(14)13(5)8-6-7-12(3)4/h9H,6-8H2,1-5H3,(H,11,14). The van der Waals surface area contributed by atoms with E-state index >= 15 is 0 Å². The molecule has 0 amide bonds. The minimum atomic E-state index is 0.416. The molecular weight excluding hydrogens is 194 g/mol. The van der Waals surface area contributed by atoms with Crippen LogP contribution in [0.1, 0.15) is 20.3 Å². The van der Waals surface area contributed by atoms with Gasteiger partial charge >= 0.3 is 0 Å². The highest BCUT2D eigenvalue weighted by molar-refractivity contribution is 7.80. The summed E-state index contributed by atoms with van der Waals surface area (Å²) in [4.78, 5) is 4.28. The Balaban J connectivity index is 3.62. The molecule has 3 nitrogen and oxygen atoms in total. The average Bonchev–Trinajstić information content (AvgIpc) is 2.01. The summed E-state index contributed by atoms with van der Waals surface area (Å²) in [7, 11) is 6.21. The molecule has 0 spiro atoms. The lowest BCUT2D eigenvalue weighted by Gasteiger charge is -2.23. The highest BCUT2D eigenvalue weighted by Crippen LogP contribution is 1.92. The first-order valence-corrected chi connectivity index (χ1v) is 5.50. The van der Waals surface area contributed by atoms with Crippen molar-refractivity contribution in [2.24, 2.45) is 0 Å². The van der Waals surface area contributed by atoms with E-state index in [9.17, 15) is 0 Å². The quantitative estimate of drug-likeness (QED) is 0.696. The monoisotopic (exact) mass is 217 g/mol. The van der Waals surface area contributed by atoms with Gasteiger partial charge < -0.3 is 15.1 Å². The van der Waals surface area contributed by atoms with E-state index < -0.39 is 0 Å². The SMILES string of the molecule is CC(C)NC(=S)N(C)CCCN(C)C. The second kappa shape index (κ2) is 7.01. The van der Waals surface area contributed by atoms with Crippen LogP contribution >= 0.6 is 12.2 Å². The Morgan fingerprint density at radius 1 is 1.21 bits per heavy atom. The highest BCUT2D eigenvalue weighted by atomic mass is 32.1. The molecule has 0 heterocycles. The van der Waals surface area contributed by atoms with Crippen molar-refractivity contribution in [1.82, 2.24) is 15.1 Å². The normalized spacial score (nSPS) is 10.8. The van der Waals surface area contributed by atoms with Gasteiger partial charge in [0.05, 0.1) is 0 Å². The first-order chi connectivity index (χ1) is 6.43. The zero-order chi connectivity index (χ0) is 11.1. The second-order valence-corrected chi connectivity index (χ2v) is 4.57. The van der Waals surface area contributed by atoms with Crippen molar-refractivity contribution in [3.63, 3.8) is 0 Å². The third kappa shape index (κ3) is 7.09. The van der Waals surface area contributed by atoms with E-state index in [1.165, 1.54) is 0 Å². The molecule has 0 radical (unpaired) electrons. The Bertz CT molecular complexity index is 169. The molecule has 0 aliphatic heterocycles.